The molecule has 1 atom stereocenters. The number of ether oxygens (including phenoxy) is 1. The minimum absolute atomic E-state index is 0.0757. The summed E-state index contributed by atoms with van der Waals surface area (Å²) in [5, 5.41) is 6.41. The van der Waals surface area contributed by atoms with E-state index in [4.69, 9.17) is 9.73 Å². The number of guanidine groups is 1. The Morgan fingerprint density at radius 3 is 2.53 bits per heavy atom. The van der Waals surface area contributed by atoms with E-state index < -0.39 is 14.6 Å². The molecule has 0 aliphatic carbocycles. The second-order valence-electron chi connectivity index (χ2n) is 8.61. The van der Waals surface area contributed by atoms with Gasteiger partial charge in [0.15, 0.2) is 15.8 Å². The molecule has 1 fully saturated rings. The lowest BCUT2D eigenvalue weighted by molar-refractivity contribution is 0.251. The molecule has 1 aliphatic rings. The first-order valence-electron chi connectivity index (χ1n) is 10.8. The fourth-order valence-corrected chi connectivity index (χ4v) is 4.45. The second-order valence-corrected chi connectivity index (χ2v) is 11.5. The number of nitrogens with one attached hydrogen (secondary N) is 2. The Kier molecular flexibility index (Phi) is 8.97. The van der Waals surface area contributed by atoms with Crippen LogP contribution >= 0.6 is 0 Å². The Balaban J connectivity index is 2.11. The summed E-state index contributed by atoms with van der Waals surface area (Å²) in [6.07, 6.45) is 2.40. The molecule has 30 heavy (non-hydrogen) atoms. The van der Waals surface area contributed by atoms with E-state index in [1.165, 1.54) is 18.4 Å². The smallest absolute Gasteiger partial charge is 0.191 e. The third-order valence-corrected chi connectivity index (χ3v) is 8.03. The summed E-state index contributed by atoms with van der Waals surface area (Å²) in [6.45, 7) is 11.0. The van der Waals surface area contributed by atoms with Gasteiger partial charge in [-0.2, -0.15) is 0 Å². The van der Waals surface area contributed by atoms with Gasteiger partial charge in [-0.25, -0.2) is 8.42 Å². The number of benzene rings is 1. The highest BCUT2D eigenvalue weighted by Crippen LogP contribution is 2.27. The summed E-state index contributed by atoms with van der Waals surface area (Å²) < 4.78 is 29.4. The van der Waals surface area contributed by atoms with E-state index in [-0.39, 0.29) is 11.8 Å². The van der Waals surface area contributed by atoms with Gasteiger partial charge in [-0.1, -0.05) is 12.1 Å². The molecular formula is C22H38N4O3S. The van der Waals surface area contributed by atoms with Crippen molar-refractivity contribution in [1.82, 2.24) is 15.5 Å². The highest BCUT2D eigenvalue weighted by atomic mass is 32.2. The van der Waals surface area contributed by atoms with Crippen LogP contribution in [0.25, 0.3) is 0 Å². The van der Waals surface area contributed by atoms with E-state index in [2.05, 4.69) is 27.7 Å². The molecule has 0 aromatic heterocycles. The molecule has 0 saturated carbocycles. The van der Waals surface area contributed by atoms with Crippen LogP contribution in [0.4, 0.5) is 0 Å². The number of rotatable bonds is 9. The van der Waals surface area contributed by atoms with Crippen molar-refractivity contribution >= 4 is 15.8 Å². The number of hydrogen-bond donors (Lipinski definition) is 2. The van der Waals surface area contributed by atoms with Gasteiger partial charge in [-0.3, -0.25) is 9.89 Å². The van der Waals surface area contributed by atoms with Crippen molar-refractivity contribution < 1.29 is 13.2 Å². The van der Waals surface area contributed by atoms with Crippen molar-refractivity contribution in [1.29, 1.82) is 0 Å². The topological polar surface area (TPSA) is 83.0 Å². The zero-order valence-corrected chi connectivity index (χ0v) is 19.9. The number of aliphatic imine (C=N–C) groups is 1. The van der Waals surface area contributed by atoms with Gasteiger partial charge in [0.25, 0.3) is 0 Å². The van der Waals surface area contributed by atoms with Gasteiger partial charge in [0.2, 0.25) is 0 Å². The lowest BCUT2D eigenvalue weighted by atomic mass is 10.1. The van der Waals surface area contributed by atoms with E-state index in [9.17, 15) is 8.42 Å². The van der Waals surface area contributed by atoms with Gasteiger partial charge in [-0.05, 0) is 71.3 Å². The SMILES string of the molecule is CCNC(=NCC(c1cccc(OC)c1)N1CCCC1)NCCS(=O)(=O)C(C)(C)C. The van der Waals surface area contributed by atoms with Gasteiger partial charge < -0.3 is 15.4 Å². The average molecular weight is 439 g/mol. The molecule has 1 unspecified atom stereocenters. The van der Waals surface area contributed by atoms with Crippen molar-refractivity contribution in [2.45, 2.75) is 51.3 Å². The van der Waals surface area contributed by atoms with Gasteiger partial charge in [0.1, 0.15) is 5.75 Å². The maximum Gasteiger partial charge on any atom is 0.191 e. The summed E-state index contributed by atoms with van der Waals surface area (Å²) >= 11 is 0. The highest BCUT2D eigenvalue weighted by molar-refractivity contribution is 7.92. The highest BCUT2D eigenvalue weighted by Gasteiger charge is 2.28. The molecular weight excluding hydrogens is 400 g/mol. The number of sulfone groups is 1. The first-order valence-corrected chi connectivity index (χ1v) is 12.5. The first-order chi connectivity index (χ1) is 14.2. The van der Waals surface area contributed by atoms with Crippen LogP contribution in [0.3, 0.4) is 0 Å². The molecule has 170 valence electrons. The molecule has 8 heteroatoms. The van der Waals surface area contributed by atoms with Crippen molar-refractivity contribution in [3.8, 4) is 5.75 Å². The van der Waals surface area contributed by atoms with Crippen LogP contribution in [0, 0.1) is 0 Å². The normalized spacial score (nSPS) is 17.0. The third kappa shape index (κ3) is 6.87. The summed E-state index contributed by atoms with van der Waals surface area (Å²) in [4.78, 5) is 7.25. The Morgan fingerprint density at radius 1 is 1.23 bits per heavy atom. The molecule has 2 N–H and O–H groups in total. The first kappa shape index (κ1) is 24.5. The van der Waals surface area contributed by atoms with Crippen LogP contribution in [0.1, 0.15) is 52.1 Å². The minimum atomic E-state index is -3.17. The van der Waals surface area contributed by atoms with E-state index in [1.807, 2.05) is 19.1 Å². The van der Waals surface area contributed by atoms with Crippen LogP contribution in [0.15, 0.2) is 29.3 Å². The van der Waals surface area contributed by atoms with E-state index in [0.717, 1.165) is 18.8 Å². The summed E-state index contributed by atoms with van der Waals surface area (Å²) in [7, 11) is -1.49. The van der Waals surface area contributed by atoms with Gasteiger partial charge in [0, 0.05) is 13.1 Å². The van der Waals surface area contributed by atoms with Crippen molar-refractivity contribution in [3.63, 3.8) is 0 Å². The summed E-state index contributed by atoms with van der Waals surface area (Å²) in [5.41, 5.74) is 1.19. The number of methoxy groups -OCH3 is 1. The van der Waals surface area contributed by atoms with Crippen LogP contribution in [0.5, 0.6) is 5.75 Å². The molecule has 0 radical (unpaired) electrons. The quantitative estimate of drug-likeness (QED) is 0.456. The number of nitrogens with zero attached hydrogens (tertiary/aromatic N) is 2. The zero-order valence-electron chi connectivity index (χ0n) is 19.1. The third-order valence-electron chi connectivity index (χ3n) is 5.42. The predicted octanol–water partition coefficient (Wildman–Crippen LogP) is 2.60. The van der Waals surface area contributed by atoms with E-state index >= 15 is 0 Å². The lowest BCUT2D eigenvalue weighted by Gasteiger charge is -2.27. The monoisotopic (exact) mass is 438 g/mol. The maximum atomic E-state index is 12.4. The van der Waals surface area contributed by atoms with Crippen LogP contribution < -0.4 is 15.4 Å². The van der Waals surface area contributed by atoms with Gasteiger partial charge in [-0.15, -0.1) is 0 Å². The van der Waals surface area contributed by atoms with Crippen LogP contribution in [0.2, 0.25) is 0 Å². The van der Waals surface area contributed by atoms with Crippen molar-refractivity contribution in [2.75, 3.05) is 45.6 Å². The fraction of sp³-hybridized carbons (Fsp3) is 0.682. The van der Waals surface area contributed by atoms with Gasteiger partial charge >= 0.3 is 0 Å². The Morgan fingerprint density at radius 2 is 1.93 bits per heavy atom. The Labute approximate surface area is 182 Å². The predicted molar refractivity (Wildman–Crippen MR) is 124 cm³/mol. The molecule has 1 saturated heterocycles. The minimum Gasteiger partial charge on any atom is -0.497 e. The Hall–Kier alpha value is -1.80. The van der Waals surface area contributed by atoms with E-state index in [1.54, 1.807) is 27.9 Å². The standard InChI is InChI=1S/C22H38N4O3S/c1-6-23-21(24-12-15-30(27,28)22(2,3)4)25-17-20(26-13-7-8-14-26)18-10-9-11-19(16-18)29-5/h9-11,16,20H,6-8,12-15,17H2,1-5H3,(H2,23,24,25). The summed E-state index contributed by atoms with van der Waals surface area (Å²) in [6, 6.07) is 8.33. The van der Waals surface area contributed by atoms with Crippen LogP contribution in [-0.4, -0.2) is 69.6 Å². The van der Waals surface area contributed by atoms with Crippen molar-refractivity contribution in [3.05, 3.63) is 29.8 Å². The average Bonchev–Trinajstić information content (AvgIpc) is 3.21. The molecule has 0 spiro atoms. The molecule has 1 heterocycles. The molecule has 7 nitrogen and oxygen atoms in total. The van der Waals surface area contributed by atoms with Crippen LogP contribution in [-0.2, 0) is 9.84 Å². The number of hydrogen-bond acceptors (Lipinski definition) is 5. The fourth-order valence-electron chi connectivity index (χ4n) is 3.46. The molecule has 0 amide bonds. The molecule has 1 aromatic rings. The molecule has 2 rings (SSSR count). The molecule has 0 bridgehead atoms. The van der Waals surface area contributed by atoms with E-state index in [0.29, 0.717) is 25.6 Å². The summed E-state index contributed by atoms with van der Waals surface area (Å²) in [5.74, 6) is 1.57. The zero-order chi connectivity index (χ0) is 22.2. The number of likely N-dealkylation sites (tertiary alicyclic amines) is 1. The molecule has 1 aliphatic heterocycles. The van der Waals surface area contributed by atoms with Gasteiger partial charge in [0.05, 0.1) is 30.2 Å². The second kappa shape index (κ2) is 11.0. The largest absolute Gasteiger partial charge is 0.497 e. The maximum absolute atomic E-state index is 12.4. The lowest BCUT2D eigenvalue weighted by Crippen LogP contribution is -2.42. The molecule has 1 aromatic carbocycles. The van der Waals surface area contributed by atoms with Crippen molar-refractivity contribution in [2.24, 2.45) is 4.99 Å². The Bertz CT molecular complexity index is 797.